The molecule has 0 rings (SSSR count). The van der Waals surface area contributed by atoms with Crippen LogP contribution in [0.5, 0.6) is 0 Å². The smallest absolute Gasteiger partial charge is 0.376 e. The molecule has 1 unspecified atom stereocenters. The summed E-state index contributed by atoms with van der Waals surface area (Å²) in [5.41, 5.74) is -1.65. The van der Waals surface area contributed by atoms with Crippen molar-refractivity contribution in [2.75, 3.05) is 0 Å². The molecule has 0 heterocycles. The minimum Gasteiger partial charge on any atom is -0.378 e. The highest BCUT2D eigenvalue weighted by Gasteiger charge is 2.31. The second-order valence-corrected chi connectivity index (χ2v) is 2.21. The van der Waals surface area contributed by atoms with Gasteiger partial charge in [-0.25, -0.2) is 10.1 Å². The van der Waals surface area contributed by atoms with E-state index in [0.717, 1.165) is 0 Å². The van der Waals surface area contributed by atoms with E-state index in [4.69, 9.17) is 5.26 Å². The molecule has 0 bridgehead atoms. The second-order valence-electron chi connectivity index (χ2n) is 2.21. The van der Waals surface area contributed by atoms with Gasteiger partial charge in [-0.05, 0) is 18.4 Å². The molecule has 0 aliphatic heterocycles. The maximum absolute atomic E-state index is 10.8. The third-order valence-electron chi connectivity index (χ3n) is 1.30. The van der Waals surface area contributed by atoms with Gasteiger partial charge in [0.15, 0.2) is 5.60 Å². The zero-order chi connectivity index (χ0) is 9.61. The van der Waals surface area contributed by atoms with Gasteiger partial charge in [0.25, 0.3) is 0 Å². The molecule has 0 spiro atoms. The molecule has 0 radical (unpaired) electrons. The van der Waals surface area contributed by atoms with Gasteiger partial charge in [0.1, 0.15) is 0 Å². The minimum absolute atomic E-state index is 0.148. The molecule has 1 atom stereocenters. The molecule has 0 fully saturated rings. The summed E-state index contributed by atoms with van der Waals surface area (Å²) in [6.45, 7) is 2.81. The Morgan fingerprint density at radius 3 is 2.50 bits per heavy atom. The Balaban J connectivity index is 3.72. The summed E-state index contributed by atoms with van der Waals surface area (Å²) < 4.78 is 0. The van der Waals surface area contributed by atoms with Gasteiger partial charge >= 0.3 is 5.97 Å². The topological polar surface area (TPSA) is 94.5 Å². The quantitative estimate of drug-likeness (QED) is 0.350. The normalized spacial score (nSPS) is 15.3. The highest BCUT2D eigenvalue weighted by Crippen LogP contribution is 2.10. The first-order valence-corrected chi connectivity index (χ1v) is 3.13. The summed E-state index contributed by atoms with van der Waals surface area (Å²) in [5, 5.41) is 26.6. The molecule has 7 nitrogen and oxygen atoms in total. The molecule has 2 N–H and O–H groups in total. The standard InChI is InChI=1S/C5H10O7/c1-3-5(2,7)4(6)9-11-12-10-8/h7-8H,3H2,1-2H3. The Morgan fingerprint density at radius 2 is 2.08 bits per heavy atom. The predicted octanol–water partition coefficient (Wildman–Crippen LogP) is -0.0416. The lowest BCUT2D eigenvalue weighted by molar-refractivity contribution is -0.691. The molecule has 7 heteroatoms. The lowest BCUT2D eigenvalue weighted by Gasteiger charge is -2.15. The van der Waals surface area contributed by atoms with Crippen LogP contribution in [0, 0.1) is 0 Å². The molecule has 0 aromatic heterocycles. The number of hydrogen-bond donors (Lipinski definition) is 2. The van der Waals surface area contributed by atoms with E-state index in [1.165, 1.54) is 6.92 Å². The summed E-state index contributed by atoms with van der Waals surface area (Å²) in [6, 6.07) is 0. The highest BCUT2D eigenvalue weighted by molar-refractivity contribution is 5.77. The number of hydrogen-bond acceptors (Lipinski definition) is 7. The predicted molar refractivity (Wildman–Crippen MR) is 32.9 cm³/mol. The molecule has 0 aliphatic rings. The summed E-state index contributed by atoms with van der Waals surface area (Å²) in [5.74, 6) is -1.05. The first-order valence-electron chi connectivity index (χ1n) is 3.13. The van der Waals surface area contributed by atoms with Crippen molar-refractivity contribution in [1.29, 1.82) is 0 Å². The Morgan fingerprint density at radius 1 is 1.50 bits per heavy atom. The van der Waals surface area contributed by atoms with Gasteiger partial charge in [-0.3, -0.25) is 4.89 Å². The molecule has 0 aromatic carbocycles. The number of aliphatic hydroxyl groups is 1. The van der Waals surface area contributed by atoms with E-state index in [2.05, 4.69) is 20.0 Å². The van der Waals surface area contributed by atoms with Gasteiger partial charge in [0, 0.05) is 10.1 Å². The Hall–Kier alpha value is -0.730. The van der Waals surface area contributed by atoms with E-state index in [-0.39, 0.29) is 6.42 Å². The lowest BCUT2D eigenvalue weighted by Crippen LogP contribution is -2.35. The third-order valence-corrected chi connectivity index (χ3v) is 1.30. The molecule has 0 saturated carbocycles. The van der Waals surface area contributed by atoms with Gasteiger partial charge in [0.2, 0.25) is 0 Å². The maximum atomic E-state index is 10.8. The second kappa shape index (κ2) is 5.01. The SMILES string of the molecule is CCC(C)(O)C(=O)OOOOO. The van der Waals surface area contributed by atoms with Crippen LogP contribution in [0.2, 0.25) is 0 Å². The number of rotatable bonds is 5. The maximum Gasteiger partial charge on any atom is 0.376 e. The van der Waals surface area contributed by atoms with Crippen LogP contribution >= 0.6 is 0 Å². The van der Waals surface area contributed by atoms with Crippen molar-refractivity contribution in [3.63, 3.8) is 0 Å². The minimum atomic E-state index is -1.65. The van der Waals surface area contributed by atoms with Gasteiger partial charge in [-0.2, -0.15) is 0 Å². The Labute approximate surface area is 68.1 Å². The molecule has 12 heavy (non-hydrogen) atoms. The van der Waals surface area contributed by atoms with E-state index < -0.39 is 11.6 Å². The van der Waals surface area contributed by atoms with E-state index in [0.29, 0.717) is 0 Å². The van der Waals surface area contributed by atoms with Crippen LogP contribution in [0.3, 0.4) is 0 Å². The molecule has 0 amide bonds. The zero-order valence-corrected chi connectivity index (χ0v) is 6.64. The molecule has 0 aliphatic carbocycles. The summed E-state index contributed by atoms with van der Waals surface area (Å²) in [7, 11) is 0. The van der Waals surface area contributed by atoms with E-state index in [1.54, 1.807) is 6.92 Å². The van der Waals surface area contributed by atoms with Crippen molar-refractivity contribution in [1.82, 2.24) is 0 Å². The number of carbonyl (C=O) groups is 1. The zero-order valence-electron chi connectivity index (χ0n) is 6.64. The van der Waals surface area contributed by atoms with E-state index >= 15 is 0 Å². The fourth-order valence-corrected chi connectivity index (χ4v) is 0.291. The fourth-order valence-electron chi connectivity index (χ4n) is 0.291. The van der Waals surface area contributed by atoms with Crippen LogP contribution in [0.15, 0.2) is 0 Å². The van der Waals surface area contributed by atoms with Gasteiger partial charge in [-0.1, -0.05) is 6.92 Å². The van der Waals surface area contributed by atoms with Crippen molar-refractivity contribution in [2.24, 2.45) is 0 Å². The van der Waals surface area contributed by atoms with Gasteiger partial charge in [0.05, 0.1) is 0 Å². The monoisotopic (exact) mass is 182 g/mol. The van der Waals surface area contributed by atoms with Crippen LogP contribution in [0.25, 0.3) is 0 Å². The van der Waals surface area contributed by atoms with Crippen molar-refractivity contribution >= 4 is 5.97 Å². The fraction of sp³-hybridized carbons (Fsp3) is 0.800. The van der Waals surface area contributed by atoms with Crippen molar-refractivity contribution < 1.29 is 35.2 Å². The average Bonchev–Trinajstić information content (AvgIpc) is 2.05. The molecule has 72 valence electrons. The average molecular weight is 182 g/mol. The summed E-state index contributed by atoms with van der Waals surface area (Å²) in [4.78, 5) is 14.6. The molecular weight excluding hydrogens is 172 g/mol. The third kappa shape index (κ3) is 3.60. The largest absolute Gasteiger partial charge is 0.378 e. The van der Waals surface area contributed by atoms with Crippen molar-refractivity contribution in [3.8, 4) is 0 Å². The first kappa shape index (κ1) is 11.3. The molecule has 0 saturated heterocycles. The van der Waals surface area contributed by atoms with Crippen LogP contribution in [0.4, 0.5) is 0 Å². The van der Waals surface area contributed by atoms with Crippen LogP contribution in [0.1, 0.15) is 20.3 Å². The van der Waals surface area contributed by atoms with Crippen LogP contribution < -0.4 is 0 Å². The van der Waals surface area contributed by atoms with Crippen molar-refractivity contribution in [2.45, 2.75) is 25.9 Å². The van der Waals surface area contributed by atoms with Crippen LogP contribution in [-0.2, 0) is 24.8 Å². The lowest BCUT2D eigenvalue weighted by atomic mass is 10.1. The molecule has 0 aromatic rings. The summed E-state index contributed by atoms with van der Waals surface area (Å²) >= 11 is 0. The number of carbonyl (C=O) groups excluding carboxylic acids is 1. The highest BCUT2D eigenvalue weighted by atomic mass is 17.8. The van der Waals surface area contributed by atoms with Crippen molar-refractivity contribution in [3.05, 3.63) is 0 Å². The van der Waals surface area contributed by atoms with E-state index in [9.17, 15) is 9.90 Å². The van der Waals surface area contributed by atoms with Crippen LogP contribution in [-0.4, -0.2) is 21.9 Å². The van der Waals surface area contributed by atoms with Gasteiger partial charge < -0.3 is 5.11 Å². The Bertz CT molecular complexity index is 143. The Kier molecular flexibility index (Phi) is 4.71. The summed E-state index contributed by atoms with van der Waals surface area (Å²) in [6.07, 6.45) is 0.148. The molecular formula is C5H10O7. The first-order chi connectivity index (χ1) is 5.54. The van der Waals surface area contributed by atoms with Gasteiger partial charge in [-0.15, -0.1) is 0 Å². The van der Waals surface area contributed by atoms with E-state index in [1.807, 2.05) is 0 Å².